The van der Waals surface area contributed by atoms with Gasteiger partial charge in [0.15, 0.2) is 6.61 Å². The van der Waals surface area contributed by atoms with Crippen LogP contribution >= 0.6 is 0 Å². The summed E-state index contributed by atoms with van der Waals surface area (Å²) in [6.07, 6.45) is 0.219. The Hall–Kier alpha value is -4.66. The Balaban J connectivity index is 1.25. The van der Waals surface area contributed by atoms with E-state index in [2.05, 4.69) is 5.32 Å². The molecule has 222 valence electrons. The van der Waals surface area contributed by atoms with Gasteiger partial charge in [0, 0.05) is 17.9 Å². The first-order valence-electron chi connectivity index (χ1n) is 14.5. The van der Waals surface area contributed by atoms with Crippen molar-refractivity contribution in [2.45, 2.75) is 38.1 Å². The Bertz CT molecular complexity index is 1500. The molecule has 3 aliphatic carbocycles. The zero-order valence-electron chi connectivity index (χ0n) is 24.5. The fraction of sp³-hybridized carbons (Fsp3) is 0.353. The van der Waals surface area contributed by atoms with Crippen molar-refractivity contribution >= 4 is 29.4 Å². The normalized spacial score (nSPS) is 22.0. The standard InChI is InChI=1S/C34H34N2O7/c1-18(2)15-25(34(40)43-17-27(37)35-24-16-19(41-3)13-14-26(24)42-4)36-32(38)30-28-20-9-5-6-10-21(20)29(31(30)33(36)39)23-12-8-7-11-22(23)28/h5-14,16,18,25,28-31H,15,17H2,1-4H3,(H,35,37)/t25-,28?,29?,30+,31+/m0/s1. The predicted molar refractivity (Wildman–Crippen MR) is 158 cm³/mol. The summed E-state index contributed by atoms with van der Waals surface area (Å²) in [5.41, 5.74) is 4.59. The number of ether oxygens (including phenoxy) is 3. The minimum Gasteiger partial charge on any atom is -0.497 e. The molecule has 0 radical (unpaired) electrons. The number of carbonyl (C=O) groups excluding carboxylic acids is 4. The van der Waals surface area contributed by atoms with Crippen LogP contribution in [-0.2, 0) is 23.9 Å². The molecule has 43 heavy (non-hydrogen) atoms. The van der Waals surface area contributed by atoms with Gasteiger partial charge in [0.05, 0.1) is 31.7 Å². The highest BCUT2D eigenvalue weighted by atomic mass is 16.5. The smallest absolute Gasteiger partial charge is 0.329 e. The number of methoxy groups -OCH3 is 2. The molecule has 1 saturated heterocycles. The van der Waals surface area contributed by atoms with E-state index < -0.39 is 36.4 Å². The molecule has 3 amide bonds. The minimum atomic E-state index is -1.14. The largest absolute Gasteiger partial charge is 0.497 e. The highest BCUT2D eigenvalue weighted by Crippen LogP contribution is 2.61. The van der Waals surface area contributed by atoms with Crippen molar-refractivity contribution in [1.29, 1.82) is 0 Å². The summed E-state index contributed by atoms with van der Waals surface area (Å²) in [5, 5.41) is 2.67. The number of carbonyl (C=O) groups is 4. The number of nitrogens with one attached hydrogen (secondary N) is 1. The number of amides is 3. The number of hydrogen-bond acceptors (Lipinski definition) is 7. The lowest BCUT2D eigenvalue weighted by Gasteiger charge is -2.45. The molecule has 1 heterocycles. The van der Waals surface area contributed by atoms with Crippen LogP contribution in [0.2, 0.25) is 0 Å². The summed E-state index contributed by atoms with van der Waals surface area (Å²) in [7, 11) is 2.98. The minimum absolute atomic E-state index is 0.0261. The maximum absolute atomic E-state index is 14.2. The summed E-state index contributed by atoms with van der Waals surface area (Å²) in [5.74, 6) is -2.97. The molecule has 0 unspecified atom stereocenters. The van der Waals surface area contributed by atoms with Crippen LogP contribution in [-0.4, -0.2) is 55.5 Å². The molecule has 3 aromatic rings. The van der Waals surface area contributed by atoms with Gasteiger partial charge in [-0.1, -0.05) is 62.4 Å². The van der Waals surface area contributed by atoms with Crippen molar-refractivity contribution in [2.24, 2.45) is 17.8 Å². The molecule has 1 N–H and O–H groups in total. The Morgan fingerprint density at radius 1 is 0.814 bits per heavy atom. The van der Waals surface area contributed by atoms with E-state index in [1.807, 2.05) is 62.4 Å². The lowest BCUT2D eigenvalue weighted by Crippen LogP contribution is -2.47. The van der Waals surface area contributed by atoms with Gasteiger partial charge in [0.1, 0.15) is 17.5 Å². The maximum atomic E-state index is 14.2. The van der Waals surface area contributed by atoms with Crippen LogP contribution in [0.1, 0.15) is 54.4 Å². The van der Waals surface area contributed by atoms with E-state index in [0.29, 0.717) is 17.2 Å². The number of benzene rings is 3. The first-order chi connectivity index (χ1) is 20.7. The van der Waals surface area contributed by atoms with E-state index >= 15 is 0 Å². The summed E-state index contributed by atoms with van der Waals surface area (Å²) in [6, 6.07) is 19.8. The summed E-state index contributed by atoms with van der Waals surface area (Å²) < 4.78 is 16.0. The van der Waals surface area contributed by atoms with Crippen LogP contribution < -0.4 is 14.8 Å². The monoisotopic (exact) mass is 582 g/mol. The molecule has 7 rings (SSSR count). The van der Waals surface area contributed by atoms with E-state index in [1.165, 1.54) is 14.2 Å². The predicted octanol–water partition coefficient (Wildman–Crippen LogP) is 4.49. The second-order valence-electron chi connectivity index (χ2n) is 11.7. The molecular weight excluding hydrogens is 548 g/mol. The molecular formula is C34H34N2O7. The van der Waals surface area contributed by atoms with Gasteiger partial charge in [0.25, 0.3) is 5.91 Å². The average Bonchev–Trinajstić information content (AvgIpc) is 3.28. The third kappa shape index (κ3) is 4.73. The number of imide groups is 1. The zero-order chi connectivity index (χ0) is 30.4. The van der Waals surface area contributed by atoms with Gasteiger partial charge in [-0.25, -0.2) is 4.79 Å². The summed E-state index contributed by atoms with van der Waals surface area (Å²) in [4.78, 5) is 55.9. The van der Waals surface area contributed by atoms with Gasteiger partial charge >= 0.3 is 5.97 Å². The van der Waals surface area contributed by atoms with Crippen molar-refractivity contribution in [2.75, 3.05) is 26.1 Å². The second kappa shape index (κ2) is 11.2. The molecule has 9 nitrogen and oxygen atoms in total. The van der Waals surface area contributed by atoms with E-state index in [0.717, 1.165) is 27.2 Å². The highest BCUT2D eigenvalue weighted by molar-refractivity contribution is 6.10. The molecule has 9 heteroatoms. The van der Waals surface area contributed by atoms with Gasteiger partial charge in [0.2, 0.25) is 11.8 Å². The Morgan fingerprint density at radius 2 is 1.35 bits per heavy atom. The first-order valence-corrected chi connectivity index (χ1v) is 14.5. The van der Waals surface area contributed by atoms with E-state index in [1.54, 1.807) is 18.2 Å². The lowest BCUT2D eigenvalue weighted by atomic mass is 9.55. The van der Waals surface area contributed by atoms with E-state index in [-0.39, 0.29) is 36.0 Å². The molecule has 3 atom stereocenters. The molecule has 1 fully saturated rings. The molecule has 1 aliphatic heterocycles. The van der Waals surface area contributed by atoms with Crippen molar-refractivity contribution in [3.63, 3.8) is 0 Å². The number of rotatable bonds is 9. The molecule has 0 spiro atoms. The average molecular weight is 583 g/mol. The van der Waals surface area contributed by atoms with Crippen LogP contribution in [0.25, 0.3) is 0 Å². The number of nitrogens with zero attached hydrogens (tertiary/aromatic N) is 1. The molecule has 4 aliphatic rings. The summed E-state index contributed by atoms with van der Waals surface area (Å²) in [6.45, 7) is 3.23. The number of hydrogen-bond donors (Lipinski definition) is 1. The van der Waals surface area contributed by atoms with Gasteiger partial charge in [-0.05, 0) is 46.7 Å². The number of anilines is 1. The summed E-state index contributed by atoms with van der Waals surface area (Å²) >= 11 is 0. The molecule has 2 bridgehead atoms. The molecule has 0 aromatic heterocycles. The van der Waals surface area contributed by atoms with Crippen molar-refractivity contribution in [3.8, 4) is 11.5 Å². The maximum Gasteiger partial charge on any atom is 0.329 e. The van der Waals surface area contributed by atoms with Crippen LogP contribution in [0.5, 0.6) is 11.5 Å². The van der Waals surface area contributed by atoms with E-state index in [9.17, 15) is 19.2 Å². The van der Waals surface area contributed by atoms with Crippen LogP contribution in [0.4, 0.5) is 5.69 Å². The van der Waals surface area contributed by atoms with Gasteiger partial charge in [-0.3, -0.25) is 19.3 Å². The third-order valence-corrected chi connectivity index (χ3v) is 8.79. The quantitative estimate of drug-likeness (QED) is 0.292. The molecule has 0 saturated carbocycles. The Labute approximate surface area is 250 Å². The Morgan fingerprint density at radius 3 is 1.81 bits per heavy atom. The van der Waals surface area contributed by atoms with Crippen molar-refractivity contribution in [3.05, 3.63) is 89.0 Å². The highest BCUT2D eigenvalue weighted by Gasteiger charge is 2.63. The molecule has 3 aromatic carbocycles. The number of likely N-dealkylation sites (tertiary alicyclic amines) is 1. The van der Waals surface area contributed by atoms with Gasteiger partial charge in [-0.15, -0.1) is 0 Å². The topological polar surface area (TPSA) is 111 Å². The van der Waals surface area contributed by atoms with E-state index in [4.69, 9.17) is 14.2 Å². The fourth-order valence-electron chi connectivity index (χ4n) is 7.09. The SMILES string of the molecule is COc1ccc(OC)c(NC(=O)COC(=O)[C@H](CC(C)C)N2C(=O)[C@@H]3C4c5ccccc5C(c5ccccc54)[C@H]3C2=O)c1. The van der Waals surface area contributed by atoms with Crippen molar-refractivity contribution < 1.29 is 33.4 Å². The Kier molecular flexibility index (Phi) is 7.42. The number of esters is 1. The first kappa shape index (κ1) is 28.5. The second-order valence-corrected chi connectivity index (χ2v) is 11.7. The van der Waals surface area contributed by atoms with Crippen LogP contribution in [0.15, 0.2) is 66.7 Å². The fourth-order valence-corrected chi connectivity index (χ4v) is 7.09. The lowest BCUT2D eigenvalue weighted by molar-refractivity contribution is -0.160. The van der Waals surface area contributed by atoms with Gasteiger partial charge < -0.3 is 19.5 Å². The van der Waals surface area contributed by atoms with Gasteiger partial charge in [-0.2, -0.15) is 0 Å². The van der Waals surface area contributed by atoms with Crippen molar-refractivity contribution in [1.82, 2.24) is 4.90 Å². The van der Waals surface area contributed by atoms with Crippen LogP contribution in [0, 0.1) is 17.8 Å². The zero-order valence-corrected chi connectivity index (χ0v) is 24.5. The van der Waals surface area contributed by atoms with Crippen LogP contribution in [0.3, 0.4) is 0 Å². The third-order valence-electron chi connectivity index (χ3n) is 8.79.